The number of aromatic nitrogens is 2. The number of rotatable bonds is 7. The first kappa shape index (κ1) is 18.0. The van der Waals surface area contributed by atoms with Gasteiger partial charge in [0.05, 0.1) is 10.8 Å². The molecule has 23 heavy (non-hydrogen) atoms. The summed E-state index contributed by atoms with van der Waals surface area (Å²) < 4.78 is 1.62. The van der Waals surface area contributed by atoms with Crippen molar-refractivity contribution in [2.45, 2.75) is 27.8 Å². The monoisotopic (exact) mass is 382 g/mol. The van der Waals surface area contributed by atoms with E-state index in [0.29, 0.717) is 10.6 Å². The molecule has 1 amide bonds. The molecule has 2 aromatic rings. The van der Waals surface area contributed by atoms with Crippen LogP contribution in [0.2, 0.25) is 0 Å². The molecular formula is C14H14N4OS4. The molecule has 1 atom stereocenters. The lowest BCUT2D eigenvalue weighted by Crippen LogP contribution is -2.22. The maximum Gasteiger partial charge on any atom is 0.238 e. The Morgan fingerprint density at radius 1 is 1.52 bits per heavy atom. The molecule has 2 rings (SSSR count). The van der Waals surface area contributed by atoms with E-state index in [-0.39, 0.29) is 11.2 Å². The van der Waals surface area contributed by atoms with Gasteiger partial charge < -0.3 is 5.32 Å². The Balaban J connectivity index is 1.91. The third kappa shape index (κ3) is 5.35. The number of nitriles is 1. The van der Waals surface area contributed by atoms with Gasteiger partial charge >= 0.3 is 0 Å². The van der Waals surface area contributed by atoms with Gasteiger partial charge in [-0.3, -0.25) is 4.79 Å². The van der Waals surface area contributed by atoms with Crippen LogP contribution in [0.5, 0.6) is 0 Å². The number of thiophene rings is 1. The highest BCUT2D eigenvalue weighted by atomic mass is 32.2. The van der Waals surface area contributed by atoms with Crippen LogP contribution in [-0.4, -0.2) is 27.1 Å². The first-order valence-electron chi connectivity index (χ1n) is 6.55. The van der Waals surface area contributed by atoms with Crippen LogP contribution in [0.15, 0.2) is 32.3 Å². The summed E-state index contributed by atoms with van der Waals surface area (Å²) in [5, 5.41) is 22.0. The Morgan fingerprint density at radius 2 is 2.26 bits per heavy atom. The number of nitrogens with zero attached hydrogens (tertiary/aromatic N) is 3. The number of carbonyl (C=O) groups is 1. The number of anilines is 1. The van der Waals surface area contributed by atoms with Crippen LogP contribution >= 0.6 is 46.2 Å². The van der Waals surface area contributed by atoms with Crippen molar-refractivity contribution in [1.82, 2.24) is 10.2 Å². The molecule has 0 radical (unpaired) electrons. The molecule has 0 bridgehead atoms. The zero-order valence-electron chi connectivity index (χ0n) is 12.5. The minimum Gasteiger partial charge on any atom is -0.316 e. The third-order valence-electron chi connectivity index (χ3n) is 2.50. The largest absolute Gasteiger partial charge is 0.316 e. The van der Waals surface area contributed by atoms with Crippen molar-refractivity contribution in [2.75, 3.05) is 11.1 Å². The van der Waals surface area contributed by atoms with Crippen molar-refractivity contribution in [2.24, 2.45) is 0 Å². The molecule has 0 spiro atoms. The number of hydrogen-bond donors (Lipinski definition) is 1. The molecule has 0 aliphatic carbocycles. The van der Waals surface area contributed by atoms with Crippen molar-refractivity contribution >= 4 is 57.1 Å². The molecule has 120 valence electrons. The average molecular weight is 383 g/mol. The zero-order chi connectivity index (χ0) is 16.8. The van der Waals surface area contributed by atoms with Gasteiger partial charge in [0, 0.05) is 5.75 Å². The molecule has 0 saturated carbocycles. The summed E-state index contributed by atoms with van der Waals surface area (Å²) in [5.41, 5.74) is 1.56. The van der Waals surface area contributed by atoms with Gasteiger partial charge in [0.15, 0.2) is 8.68 Å². The molecule has 2 heterocycles. The molecule has 0 aliphatic rings. The van der Waals surface area contributed by atoms with Crippen LogP contribution in [0.4, 0.5) is 5.00 Å². The van der Waals surface area contributed by atoms with E-state index in [0.717, 1.165) is 20.0 Å². The highest BCUT2D eigenvalue weighted by molar-refractivity contribution is 8.04. The van der Waals surface area contributed by atoms with Gasteiger partial charge in [0.2, 0.25) is 5.91 Å². The topological polar surface area (TPSA) is 78.7 Å². The smallest absolute Gasteiger partial charge is 0.238 e. The predicted octanol–water partition coefficient (Wildman–Crippen LogP) is 4.26. The van der Waals surface area contributed by atoms with E-state index >= 15 is 0 Å². The maximum absolute atomic E-state index is 12.2. The van der Waals surface area contributed by atoms with Crippen molar-refractivity contribution < 1.29 is 4.79 Å². The van der Waals surface area contributed by atoms with Gasteiger partial charge in [-0.2, -0.15) is 5.26 Å². The summed E-state index contributed by atoms with van der Waals surface area (Å²) in [6.07, 6.45) is 0. The molecule has 2 aromatic heterocycles. The second-order valence-electron chi connectivity index (χ2n) is 4.60. The first-order chi connectivity index (χ1) is 11.0. The lowest BCUT2D eigenvalue weighted by Gasteiger charge is -2.08. The van der Waals surface area contributed by atoms with Crippen LogP contribution in [0.25, 0.3) is 0 Å². The fourth-order valence-electron chi connectivity index (χ4n) is 1.40. The third-order valence-corrected chi connectivity index (χ3v) is 6.80. The molecule has 0 fully saturated rings. The van der Waals surface area contributed by atoms with E-state index in [2.05, 4.69) is 28.2 Å². The van der Waals surface area contributed by atoms with E-state index < -0.39 is 0 Å². The quantitative estimate of drug-likeness (QED) is 0.569. The first-order valence-corrected chi connectivity index (χ1v) is 10.1. The fourth-order valence-corrected chi connectivity index (χ4v) is 5.15. The van der Waals surface area contributed by atoms with Crippen molar-refractivity contribution in [1.29, 1.82) is 5.26 Å². The second-order valence-corrected chi connectivity index (χ2v) is 9.31. The minimum absolute atomic E-state index is 0.153. The second kappa shape index (κ2) is 8.49. The summed E-state index contributed by atoms with van der Waals surface area (Å²) in [6.45, 7) is 7.63. The molecule has 0 aliphatic heterocycles. The Hall–Kier alpha value is -1.34. The minimum atomic E-state index is -0.324. The lowest BCUT2D eigenvalue weighted by atomic mass is 10.3. The molecular weight excluding hydrogens is 368 g/mol. The summed E-state index contributed by atoms with van der Waals surface area (Å²) in [6, 6.07) is 3.74. The molecule has 0 unspecified atom stereocenters. The van der Waals surface area contributed by atoms with Crippen molar-refractivity contribution in [3.05, 3.63) is 29.2 Å². The van der Waals surface area contributed by atoms with Crippen LogP contribution in [0.3, 0.4) is 0 Å². The number of amides is 1. The van der Waals surface area contributed by atoms with E-state index in [1.807, 2.05) is 13.8 Å². The number of thioether (sulfide) groups is 2. The summed E-state index contributed by atoms with van der Waals surface area (Å²) in [7, 11) is 0. The van der Waals surface area contributed by atoms with Crippen LogP contribution in [0, 0.1) is 11.3 Å². The Morgan fingerprint density at radius 3 is 2.96 bits per heavy atom. The van der Waals surface area contributed by atoms with Gasteiger partial charge in [0.1, 0.15) is 11.1 Å². The van der Waals surface area contributed by atoms with Gasteiger partial charge in [-0.05, 0) is 25.3 Å². The van der Waals surface area contributed by atoms with Crippen LogP contribution in [0.1, 0.15) is 19.4 Å². The van der Waals surface area contributed by atoms with E-state index in [1.54, 1.807) is 23.2 Å². The van der Waals surface area contributed by atoms with E-state index in [4.69, 9.17) is 5.26 Å². The van der Waals surface area contributed by atoms with Crippen molar-refractivity contribution in [3.8, 4) is 6.07 Å². The van der Waals surface area contributed by atoms with Crippen LogP contribution in [-0.2, 0) is 4.79 Å². The molecule has 1 N–H and O–H groups in total. The standard InChI is InChI=1S/C14H14N4OS4/c1-8(2)7-21-13-17-18-14(23-13)22-9(3)11(19)16-12-10(6-15)4-5-20-12/h4-5,9H,1,7H2,2-3H3,(H,16,19)/t9-/m1/s1. The lowest BCUT2D eigenvalue weighted by molar-refractivity contribution is -0.115. The number of carbonyl (C=O) groups excluding carboxylic acids is 1. The fraction of sp³-hybridized carbons (Fsp3) is 0.286. The Bertz CT molecular complexity index is 746. The van der Waals surface area contributed by atoms with Gasteiger partial charge in [0.25, 0.3) is 0 Å². The summed E-state index contributed by atoms with van der Waals surface area (Å²) in [5.74, 6) is 0.658. The Labute approximate surface area is 151 Å². The van der Waals surface area contributed by atoms with E-state index in [1.165, 1.54) is 34.4 Å². The molecule has 0 saturated heterocycles. The van der Waals surface area contributed by atoms with Gasteiger partial charge in [-0.15, -0.1) is 21.5 Å². The van der Waals surface area contributed by atoms with Gasteiger partial charge in [-0.25, -0.2) is 0 Å². The summed E-state index contributed by atoms with van der Waals surface area (Å²) in [4.78, 5) is 12.2. The maximum atomic E-state index is 12.2. The summed E-state index contributed by atoms with van der Waals surface area (Å²) >= 11 is 5.76. The number of nitrogens with one attached hydrogen (secondary N) is 1. The highest BCUT2D eigenvalue weighted by Gasteiger charge is 2.19. The van der Waals surface area contributed by atoms with Gasteiger partial charge in [-0.1, -0.05) is 47.0 Å². The number of hydrogen-bond acceptors (Lipinski definition) is 8. The normalized spacial score (nSPS) is 11.7. The Kier molecular flexibility index (Phi) is 6.65. The van der Waals surface area contributed by atoms with Crippen LogP contribution < -0.4 is 5.32 Å². The highest BCUT2D eigenvalue weighted by Crippen LogP contribution is 2.32. The zero-order valence-corrected chi connectivity index (χ0v) is 15.8. The molecule has 5 nitrogen and oxygen atoms in total. The van der Waals surface area contributed by atoms with E-state index in [9.17, 15) is 4.79 Å². The molecule has 0 aromatic carbocycles. The average Bonchev–Trinajstić information content (AvgIpc) is 3.14. The molecule has 9 heteroatoms. The predicted molar refractivity (Wildman–Crippen MR) is 98.4 cm³/mol. The van der Waals surface area contributed by atoms with Crippen molar-refractivity contribution in [3.63, 3.8) is 0 Å². The SMILES string of the molecule is C=C(C)CSc1nnc(S[C@H](C)C(=O)Nc2sccc2C#N)s1.